The van der Waals surface area contributed by atoms with E-state index in [-0.39, 0.29) is 11.1 Å². The van der Waals surface area contributed by atoms with Gasteiger partial charge in [0.1, 0.15) is 0 Å². The zero-order chi connectivity index (χ0) is 18.7. The quantitative estimate of drug-likeness (QED) is 0.800. The molecule has 0 radical (unpaired) electrons. The first-order valence-electron chi connectivity index (χ1n) is 8.37. The molecule has 134 valence electrons. The minimum Gasteiger partial charge on any atom is -0.374 e. The van der Waals surface area contributed by atoms with Crippen LogP contribution in [0.15, 0.2) is 60.3 Å². The fourth-order valence-corrected chi connectivity index (χ4v) is 3.72. The van der Waals surface area contributed by atoms with Gasteiger partial charge >= 0.3 is 6.18 Å². The highest BCUT2D eigenvalue weighted by atomic mass is 19.4. The molecule has 0 aromatic heterocycles. The van der Waals surface area contributed by atoms with E-state index in [0.29, 0.717) is 23.2 Å². The molecule has 2 aromatic rings. The van der Waals surface area contributed by atoms with Gasteiger partial charge in [-0.15, -0.1) is 0 Å². The van der Waals surface area contributed by atoms with Crippen LogP contribution in [0, 0.1) is 0 Å². The first-order valence-corrected chi connectivity index (χ1v) is 8.37. The molecule has 26 heavy (non-hydrogen) atoms. The molecule has 0 saturated heterocycles. The number of aliphatic hydroxyl groups is 1. The lowest BCUT2D eigenvalue weighted by atomic mass is 9.88. The second-order valence-electron chi connectivity index (χ2n) is 6.84. The second-order valence-corrected chi connectivity index (χ2v) is 6.84. The van der Waals surface area contributed by atoms with Gasteiger partial charge in [0.15, 0.2) is 0 Å². The monoisotopic (exact) mass is 357 g/mol. The van der Waals surface area contributed by atoms with Crippen molar-refractivity contribution in [2.75, 3.05) is 13.6 Å². The Kier molecular flexibility index (Phi) is 3.57. The summed E-state index contributed by atoms with van der Waals surface area (Å²) in [4.78, 5) is 2.05. The Bertz CT molecular complexity index is 958. The largest absolute Gasteiger partial charge is 0.425 e. The molecule has 2 aliphatic rings. The minimum absolute atomic E-state index is 0.102. The number of fused-ring (bicyclic) bond motifs is 3. The topological polar surface area (TPSA) is 23.5 Å². The summed E-state index contributed by atoms with van der Waals surface area (Å²) in [5, 5.41) is 10.8. The van der Waals surface area contributed by atoms with Crippen LogP contribution in [0.3, 0.4) is 0 Å². The van der Waals surface area contributed by atoms with Crippen molar-refractivity contribution >= 4 is 5.57 Å². The van der Waals surface area contributed by atoms with Gasteiger partial charge in [0.2, 0.25) is 5.60 Å². The molecule has 0 fully saturated rings. The van der Waals surface area contributed by atoms with Crippen molar-refractivity contribution in [2.45, 2.75) is 18.7 Å². The van der Waals surface area contributed by atoms with E-state index in [1.165, 1.54) is 18.2 Å². The van der Waals surface area contributed by atoms with E-state index in [9.17, 15) is 18.3 Å². The summed E-state index contributed by atoms with van der Waals surface area (Å²) >= 11 is 0. The standard InChI is InChI=1S/C21H18F3NO/c1-13-11-15(9-10-25(13)2)14-7-8-17-16-5-3-4-6-18(16)20(26,19(17)12-14)21(22,23)24/h3-9,11-12,26H,10H2,1-2H3. The molecule has 0 spiro atoms. The van der Waals surface area contributed by atoms with Crippen LogP contribution in [0.5, 0.6) is 0 Å². The third-order valence-electron chi connectivity index (χ3n) is 5.31. The molecule has 2 aromatic carbocycles. The molecule has 2 nitrogen and oxygen atoms in total. The number of benzene rings is 2. The second kappa shape index (κ2) is 5.48. The highest BCUT2D eigenvalue weighted by Gasteiger charge is 2.60. The number of hydrogen-bond donors (Lipinski definition) is 1. The van der Waals surface area contributed by atoms with E-state index >= 15 is 0 Å². The third-order valence-corrected chi connectivity index (χ3v) is 5.31. The summed E-state index contributed by atoms with van der Waals surface area (Å²) in [6.45, 7) is 2.65. The Morgan fingerprint density at radius 3 is 2.42 bits per heavy atom. The van der Waals surface area contributed by atoms with E-state index in [4.69, 9.17) is 0 Å². The van der Waals surface area contributed by atoms with Gasteiger partial charge in [-0.05, 0) is 41.3 Å². The Morgan fingerprint density at radius 2 is 1.73 bits per heavy atom. The SMILES string of the molecule is CC1=CC(c2ccc3c(c2)C(O)(C(F)(F)F)c2ccccc2-3)=CCN1C. The van der Waals surface area contributed by atoms with Crippen molar-refractivity contribution < 1.29 is 18.3 Å². The fraction of sp³-hybridized carbons (Fsp3) is 0.238. The molecule has 5 heteroatoms. The van der Waals surface area contributed by atoms with Gasteiger partial charge in [-0.25, -0.2) is 0 Å². The highest BCUT2D eigenvalue weighted by molar-refractivity contribution is 5.84. The Morgan fingerprint density at radius 1 is 1.04 bits per heavy atom. The number of hydrogen-bond acceptors (Lipinski definition) is 2. The van der Waals surface area contributed by atoms with E-state index in [1.807, 2.05) is 32.2 Å². The van der Waals surface area contributed by atoms with Crippen LogP contribution in [-0.4, -0.2) is 29.8 Å². The summed E-state index contributed by atoms with van der Waals surface area (Å²) in [6.07, 6.45) is -0.886. The van der Waals surface area contributed by atoms with E-state index in [1.54, 1.807) is 18.2 Å². The molecule has 1 heterocycles. The van der Waals surface area contributed by atoms with Crippen LogP contribution in [0.4, 0.5) is 13.2 Å². The van der Waals surface area contributed by atoms with Crippen LogP contribution < -0.4 is 0 Å². The van der Waals surface area contributed by atoms with Crippen molar-refractivity contribution in [3.8, 4) is 11.1 Å². The van der Waals surface area contributed by atoms with Crippen molar-refractivity contribution in [2.24, 2.45) is 0 Å². The first kappa shape index (κ1) is 16.9. The van der Waals surface area contributed by atoms with E-state index in [2.05, 4.69) is 4.90 Å². The number of nitrogens with zero attached hydrogens (tertiary/aromatic N) is 1. The number of rotatable bonds is 1. The van der Waals surface area contributed by atoms with Crippen molar-refractivity contribution in [3.63, 3.8) is 0 Å². The predicted octanol–water partition coefficient (Wildman–Crippen LogP) is 4.70. The van der Waals surface area contributed by atoms with Crippen molar-refractivity contribution in [1.29, 1.82) is 0 Å². The van der Waals surface area contributed by atoms with E-state index < -0.39 is 11.8 Å². The zero-order valence-electron chi connectivity index (χ0n) is 14.4. The first-order chi connectivity index (χ1) is 12.2. The molecule has 4 rings (SSSR count). The summed E-state index contributed by atoms with van der Waals surface area (Å²) < 4.78 is 41.7. The lowest BCUT2D eigenvalue weighted by molar-refractivity contribution is -0.246. The van der Waals surface area contributed by atoms with Crippen LogP contribution in [0.25, 0.3) is 16.7 Å². The summed E-state index contributed by atoms with van der Waals surface area (Å²) in [5.41, 5.74) is 0.238. The van der Waals surface area contributed by atoms with Crippen LogP contribution in [0.2, 0.25) is 0 Å². The number of halogens is 3. The van der Waals surface area contributed by atoms with Crippen LogP contribution in [-0.2, 0) is 5.60 Å². The van der Waals surface area contributed by atoms with Crippen molar-refractivity contribution in [1.82, 2.24) is 4.90 Å². The Balaban J connectivity index is 1.92. The third kappa shape index (κ3) is 2.23. The van der Waals surface area contributed by atoms with Crippen molar-refractivity contribution in [3.05, 3.63) is 77.0 Å². The molecular formula is C21H18F3NO. The highest BCUT2D eigenvalue weighted by Crippen LogP contribution is 2.55. The number of likely N-dealkylation sites (N-methyl/N-ethyl adjacent to an activating group) is 1. The Hall–Kier alpha value is -2.53. The van der Waals surface area contributed by atoms with Crippen LogP contribution in [0.1, 0.15) is 23.6 Å². The molecule has 0 amide bonds. The normalized spacial score (nSPS) is 21.8. The smallest absolute Gasteiger partial charge is 0.374 e. The maximum atomic E-state index is 13.9. The maximum absolute atomic E-state index is 13.9. The van der Waals surface area contributed by atoms with Gasteiger partial charge in [-0.1, -0.05) is 42.5 Å². The molecule has 1 N–H and O–H groups in total. The lowest BCUT2D eigenvalue weighted by Gasteiger charge is -2.29. The molecule has 1 atom stereocenters. The summed E-state index contributed by atoms with van der Waals surface area (Å²) in [7, 11) is 1.96. The zero-order valence-corrected chi connectivity index (χ0v) is 14.4. The van der Waals surface area contributed by atoms with E-state index in [0.717, 1.165) is 11.3 Å². The fourth-order valence-electron chi connectivity index (χ4n) is 3.72. The predicted molar refractivity (Wildman–Crippen MR) is 95.3 cm³/mol. The van der Waals surface area contributed by atoms with Gasteiger partial charge in [-0.2, -0.15) is 13.2 Å². The number of alkyl halides is 3. The van der Waals surface area contributed by atoms with Crippen LogP contribution >= 0.6 is 0 Å². The Labute approximate surface area is 149 Å². The van der Waals surface area contributed by atoms with Gasteiger partial charge in [0.25, 0.3) is 0 Å². The summed E-state index contributed by atoms with van der Waals surface area (Å²) in [5.74, 6) is 0. The number of allylic oxidation sites excluding steroid dienone is 3. The minimum atomic E-state index is -4.81. The maximum Gasteiger partial charge on any atom is 0.425 e. The molecule has 0 saturated carbocycles. The van der Waals surface area contributed by atoms with Gasteiger partial charge in [0, 0.05) is 30.4 Å². The molecule has 1 aliphatic carbocycles. The van der Waals surface area contributed by atoms with Gasteiger partial charge in [-0.3, -0.25) is 0 Å². The molecule has 0 bridgehead atoms. The van der Waals surface area contributed by atoms with Gasteiger partial charge < -0.3 is 10.0 Å². The molecule has 1 aliphatic heterocycles. The lowest BCUT2D eigenvalue weighted by Crippen LogP contribution is -2.41. The molecular weight excluding hydrogens is 339 g/mol. The van der Waals surface area contributed by atoms with Gasteiger partial charge in [0.05, 0.1) is 0 Å². The average Bonchev–Trinajstić information content (AvgIpc) is 2.87. The molecule has 1 unspecified atom stereocenters. The summed E-state index contributed by atoms with van der Waals surface area (Å²) in [6, 6.07) is 11.1. The average molecular weight is 357 g/mol.